The summed E-state index contributed by atoms with van der Waals surface area (Å²) in [4.78, 5) is 0. The summed E-state index contributed by atoms with van der Waals surface area (Å²) in [7, 11) is 9.34. The van der Waals surface area contributed by atoms with Crippen LogP contribution in [0, 0.1) is 0 Å². The molecule has 0 aliphatic rings. The van der Waals surface area contributed by atoms with E-state index in [0.29, 0.717) is 13.1 Å². The Morgan fingerprint density at radius 1 is 0.923 bits per heavy atom. The van der Waals surface area contributed by atoms with Gasteiger partial charge in [-0.2, -0.15) is 0 Å². The first-order chi connectivity index (χ1) is 6.24. The second-order valence-electron chi connectivity index (χ2n) is 1.87. The van der Waals surface area contributed by atoms with Crippen molar-refractivity contribution in [3.05, 3.63) is 5.73 Å². The van der Waals surface area contributed by atoms with E-state index in [-0.39, 0.29) is 0 Å². The maximum Gasteiger partial charge on any atom is -0.00937 e. The number of hydrogen-bond acceptors (Lipinski definition) is 3. The molecule has 89 valence electrons. The van der Waals surface area contributed by atoms with Crippen LogP contribution in [0.3, 0.4) is 0 Å². The zero-order valence-corrected chi connectivity index (χ0v) is 9.99. The summed E-state index contributed by atoms with van der Waals surface area (Å²) in [5.41, 5.74) is 21.7. The van der Waals surface area contributed by atoms with E-state index in [1.54, 1.807) is 0 Å². The van der Waals surface area contributed by atoms with Crippen LogP contribution >= 0.6 is 20.2 Å². The normalized spacial score (nSPS) is 8.15. The topological polar surface area (TPSA) is 102 Å². The van der Waals surface area contributed by atoms with Gasteiger partial charge in [-0.05, 0) is 26.1 Å². The maximum absolute atomic E-state index is 6.52. The average Bonchev–Trinajstić information content (AvgIpc) is 2.09. The molecule has 0 radical (unpaired) electrons. The van der Waals surface area contributed by atoms with Gasteiger partial charge in [0.15, 0.2) is 0 Å². The minimum atomic E-state index is 0.469. The third-order valence-corrected chi connectivity index (χ3v) is 0.789. The molecule has 0 atom stereocenters. The molecule has 0 aromatic rings. The molecule has 0 aliphatic heterocycles. The molecule has 0 amide bonds. The average molecular weight is 282 g/mol. The molecule has 0 aromatic carbocycles. The second-order valence-corrected chi connectivity index (χ2v) is 3.42. The van der Waals surface area contributed by atoms with Crippen LogP contribution in [0.2, 0.25) is 0 Å². The van der Waals surface area contributed by atoms with Crippen LogP contribution in [0.25, 0.3) is 5.73 Å². The smallest absolute Gasteiger partial charge is 0.00937 e. The number of nitrogens with two attached hydrogens (primary N) is 3. The van der Waals surface area contributed by atoms with Crippen molar-refractivity contribution in [1.82, 2.24) is 0 Å². The molecule has 0 bridgehead atoms. The van der Waals surface area contributed by atoms with Crippen LogP contribution in [0.5, 0.6) is 0 Å². The molecular weight excluding hydrogens is 263 g/mol. The van der Waals surface area contributed by atoms with E-state index in [1.807, 2.05) is 0 Å². The van der Waals surface area contributed by atoms with E-state index in [9.17, 15) is 0 Å². The SMILES string of the molecule is NCCCN.[Cl][Cu][Cl].[NH-]CCCN. The van der Waals surface area contributed by atoms with Gasteiger partial charge in [0.2, 0.25) is 0 Å². The summed E-state index contributed by atoms with van der Waals surface area (Å²) in [6.07, 6.45) is 1.78. The van der Waals surface area contributed by atoms with Gasteiger partial charge in [0.1, 0.15) is 0 Å². The van der Waals surface area contributed by atoms with Crippen molar-refractivity contribution in [2.24, 2.45) is 17.2 Å². The van der Waals surface area contributed by atoms with Gasteiger partial charge in [-0.25, -0.2) is 0 Å². The van der Waals surface area contributed by atoms with Crippen LogP contribution in [-0.4, -0.2) is 26.2 Å². The molecule has 7 N–H and O–H groups in total. The number of hydrogen-bond donors (Lipinski definition) is 3. The monoisotopic (exact) mass is 280 g/mol. The Kier molecular flexibility index (Phi) is 43.9. The fourth-order valence-corrected chi connectivity index (χ4v) is 0.220. The quantitative estimate of drug-likeness (QED) is 0.671. The maximum atomic E-state index is 6.52. The Morgan fingerprint density at radius 2 is 1.23 bits per heavy atom. The first-order valence-corrected chi connectivity index (χ1v) is 6.40. The molecule has 0 aliphatic carbocycles. The van der Waals surface area contributed by atoms with Gasteiger partial charge in [-0.3, -0.25) is 0 Å². The van der Waals surface area contributed by atoms with Crippen molar-refractivity contribution in [3.63, 3.8) is 0 Å². The number of rotatable bonds is 4. The number of nitrogens with one attached hydrogen (secondary N) is 1. The Balaban J connectivity index is -0.000000120. The van der Waals surface area contributed by atoms with Crippen molar-refractivity contribution in [3.8, 4) is 0 Å². The van der Waals surface area contributed by atoms with E-state index >= 15 is 0 Å². The van der Waals surface area contributed by atoms with Gasteiger partial charge in [0, 0.05) is 0 Å². The van der Waals surface area contributed by atoms with E-state index in [2.05, 4.69) is 20.2 Å². The van der Waals surface area contributed by atoms with Crippen molar-refractivity contribution in [1.29, 1.82) is 0 Å². The minimum absolute atomic E-state index is 0.469. The van der Waals surface area contributed by atoms with Gasteiger partial charge >= 0.3 is 33.3 Å². The van der Waals surface area contributed by atoms with Crippen LogP contribution in [0.4, 0.5) is 0 Å². The van der Waals surface area contributed by atoms with Crippen molar-refractivity contribution < 1.29 is 13.1 Å². The zero-order valence-electron chi connectivity index (χ0n) is 7.53. The molecule has 0 fully saturated rings. The van der Waals surface area contributed by atoms with Gasteiger partial charge in [0.05, 0.1) is 0 Å². The predicted octanol–water partition coefficient (Wildman–Crippen LogP) is 1.06. The fraction of sp³-hybridized carbons (Fsp3) is 1.00. The molecular formula is C6H19Cl2CuN4-. The summed E-state index contributed by atoms with van der Waals surface area (Å²) >= 11 is 0.757. The first kappa shape index (κ1) is 19.5. The summed E-state index contributed by atoms with van der Waals surface area (Å²) in [6.45, 7) is 2.56. The number of halogens is 2. The molecule has 0 unspecified atom stereocenters. The van der Waals surface area contributed by atoms with E-state index < -0.39 is 0 Å². The molecule has 0 spiro atoms. The van der Waals surface area contributed by atoms with Gasteiger partial charge in [-0.15, -0.1) is 6.54 Å². The zero-order chi connectivity index (χ0) is 10.9. The summed E-state index contributed by atoms with van der Waals surface area (Å²) < 4.78 is 0. The molecule has 0 aromatic heterocycles. The van der Waals surface area contributed by atoms with Crippen LogP contribution in [0.15, 0.2) is 0 Å². The van der Waals surface area contributed by atoms with Gasteiger partial charge in [-0.1, -0.05) is 6.42 Å². The summed E-state index contributed by atoms with van der Waals surface area (Å²) in [5.74, 6) is 0. The third kappa shape index (κ3) is 63.5. The van der Waals surface area contributed by atoms with Crippen molar-refractivity contribution in [2.75, 3.05) is 26.2 Å². The third-order valence-electron chi connectivity index (χ3n) is 0.789. The summed E-state index contributed by atoms with van der Waals surface area (Å²) in [5, 5.41) is 0. The second kappa shape index (κ2) is 29.3. The molecule has 0 saturated carbocycles. The molecule has 7 heteroatoms. The Labute approximate surface area is 95.3 Å². The van der Waals surface area contributed by atoms with E-state index in [1.165, 1.54) is 0 Å². The van der Waals surface area contributed by atoms with Crippen molar-refractivity contribution in [2.45, 2.75) is 12.8 Å². The Morgan fingerprint density at radius 3 is 1.23 bits per heavy atom. The summed E-state index contributed by atoms with van der Waals surface area (Å²) in [6, 6.07) is 0. The fourth-order valence-electron chi connectivity index (χ4n) is 0.220. The van der Waals surface area contributed by atoms with Gasteiger partial charge < -0.3 is 22.9 Å². The van der Waals surface area contributed by atoms with Crippen LogP contribution in [0.1, 0.15) is 12.8 Å². The standard InChI is InChI=1S/C3H10N2.C3H9N2.2ClH.Cu/c2*4-2-1-3-5;;;/h1-5H2;4H,1-3,5H2;2*1H;/q;-1;;;+2/p-2. The largest absolute Gasteiger partial charge is 0.677 e. The van der Waals surface area contributed by atoms with Crippen LogP contribution in [-0.2, 0) is 13.1 Å². The molecule has 0 heterocycles. The minimum Gasteiger partial charge on any atom is -0.677 e. The molecule has 0 rings (SSSR count). The first-order valence-electron chi connectivity index (χ1n) is 3.81. The van der Waals surface area contributed by atoms with Crippen molar-refractivity contribution >= 4 is 20.2 Å². The Bertz CT molecular complexity index is 51.9. The predicted molar refractivity (Wildman–Crippen MR) is 57.3 cm³/mol. The molecule has 0 saturated heterocycles. The Hall–Kier alpha value is 0.939. The van der Waals surface area contributed by atoms with Gasteiger partial charge in [0.25, 0.3) is 0 Å². The van der Waals surface area contributed by atoms with E-state index in [4.69, 9.17) is 22.9 Å². The van der Waals surface area contributed by atoms with Crippen LogP contribution < -0.4 is 17.2 Å². The molecule has 13 heavy (non-hydrogen) atoms. The molecule has 4 nitrogen and oxygen atoms in total. The van der Waals surface area contributed by atoms with E-state index in [0.717, 1.165) is 39.1 Å².